The van der Waals surface area contributed by atoms with E-state index in [9.17, 15) is 10.1 Å². The first-order valence-electron chi connectivity index (χ1n) is 13.4. The van der Waals surface area contributed by atoms with E-state index in [0.29, 0.717) is 30.0 Å². The maximum absolute atomic E-state index is 13.6. The van der Waals surface area contributed by atoms with Crippen LogP contribution in [0.4, 0.5) is 5.69 Å². The highest BCUT2D eigenvalue weighted by atomic mass is 79.9. The van der Waals surface area contributed by atoms with Gasteiger partial charge in [0, 0.05) is 23.4 Å². The van der Waals surface area contributed by atoms with Crippen LogP contribution in [0.1, 0.15) is 59.9 Å². The number of ether oxygens (including phenoxy) is 1. The van der Waals surface area contributed by atoms with Gasteiger partial charge in [0.25, 0.3) is 0 Å². The number of nitrogens with two attached hydrogens (primary N) is 1. The van der Waals surface area contributed by atoms with Crippen molar-refractivity contribution in [2.24, 2.45) is 5.73 Å². The number of aryl methyl sites for hydroxylation is 3. The van der Waals surface area contributed by atoms with Crippen molar-refractivity contribution in [2.75, 3.05) is 4.90 Å². The average Bonchev–Trinajstić information content (AvgIpc) is 2.93. The van der Waals surface area contributed by atoms with Crippen LogP contribution < -0.4 is 15.4 Å². The average molecular weight is 583 g/mol. The second kappa shape index (κ2) is 11.1. The van der Waals surface area contributed by atoms with Crippen molar-refractivity contribution >= 4 is 27.4 Å². The fourth-order valence-electron chi connectivity index (χ4n) is 5.67. The number of carbonyl (C=O) groups excluding carboxylic acids is 1. The minimum atomic E-state index is -0.508. The Morgan fingerprint density at radius 3 is 2.51 bits per heavy atom. The van der Waals surface area contributed by atoms with Crippen molar-refractivity contribution < 1.29 is 9.53 Å². The maximum atomic E-state index is 13.6. The van der Waals surface area contributed by atoms with Crippen LogP contribution in [0.25, 0.3) is 0 Å². The van der Waals surface area contributed by atoms with Crippen LogP contribution in [-0.2, 0) is 17.8 Å². The van der Waals surface area contributed by atoms with E-state index in [1.807, 2.05) is 48.2 Å². The molecule has 2 aliphatic rings. The maximum Gasteiger partial charge on any atom is 0.161 e. The first-order chi connectivity index (χ1) is 18.8. The summed E-state index contributed by atoms with van der Waals surface area (Å²) in [6.45, 7) is 6.58. The number of nitriles is 1. The van der Waals surface area contributed by atoms with Gasteiger partial charge in [0.2, 0.25) is 0 Å². The van der Waals surface area contributed by atoms with Gasteiger partial charge in [0.15, 0.2) is 5.78 Å². The molecule has 1 aliphatic heterocycles. The number of ketones is 1. The first-order valence-corrected chi connectivity index (χ1v) is 14.2. The quantitative estimate of drug-likeness (QED) is 0.325. The summed E-state index contributed by atoms with van der Waals surface area (Å²) in [7, 11) is 0. The number of allylic oxidation sites excluding steroid dienone is 3. The van der Waals surface area contributed by atoms with Crippen LogP contribution in [0.15, 0.2) is 87.8 Å². The highest BCUT2D eigenvalue weighted by molar-refractivity contribution is 9.10. The number of hydrogen-bond acceptors (Lipinski definition) is 5. The molecule has 1 aliphatic carbocycles. The van der Waals surface area contributed by atoms with Gasteiger partial charge in [-0.15, -0.1) is 0 Å². The van der Waals surface area contributed by atoms with Gasteiger partial charge in [-0.1, -0.05) is 43.3 Å². The van der Waals surface area contributed by atoms with E-state index in [4.69, 9.17) is 10.5 Å². The number of halogens is 1. The van der Waals surface area contributed by atoms with Crippen molar-refractivity contribution in [3.63, 3.8) is 0 Å². The minimum absolute atomic E-state index is 0.0858. The molecule has 5 nitrogen and oxygen atoms in total. The molecule has 0 spiro atoms. The molecule has 0 amide bonds. The van der Waals surface area contributed by atoms with E-state index in [-0.39, 0.29) is 5.78 Å². The summed E-state index contributed by atoms with van der Waals surface area (Å²) < 4.78 is 7.03. The Kier molecular flexibility index (Phi) is 7.63. The Labute approximate surface area is 238 Å². The monoisotopic (exact) mass is 581 g/mol. The van der Waals surface area contributed by atoms with E-state index in [1.165, 1.54) is 5.56 Å². The summed E-state index contributed by atoms with van der Waals surface area (Å²) in [4.78, 5) is 15.5. The molecule has 5 rings (SSSR count). The molecule has 0 radical (unpaired) electrons. The Morgan fingerprint density at radius 1 is 1.08 bits per heavy atom. The molecule has 1 atom stereocenters. The van der Waals surface area contributed by atoms with Crippen LogP contribution in [-0.4, -0.2) is 5.78 Å². The van der Waals surface area contributed by atoms with Gasteiger partial charge in [0.05, 0.1) is 22.0 Å². The second-order valence-electron chi connectivity index (χ2n) is 10.2. The molecule has 6 heteroatoms. The number of para-hydroxylation sites is 1. The Morgan fingerprint density at radius 2 is 1.82 bits per heavy atom. The molecular formula is C33H32BrN3O2. The minimum Gasteiger partial charge on any atom is -0.488 e. The highest BCUT2D eigenvalue weighted by Gasteiger charge is 2.41. The number of anilines is 1. The molecule has 2 N–H and O–H groups in total. The molecule has 3 aromatic rings. The third kappa shape index (κ3) is 4.99. The Hall–Kier alpha value is -3.82. The van der Waals surface area contributed by atoms with E-state index in [0.717, 1.165) is 63.1 Å². The van der Waals surface area contributed by atoms with Gasteiger partial charge in [-0.3, -0.25) is 9.69 Å². The molecule has 3 aromatic carbocycles. The SMILES string of the molecule is CCc1ccc(N2C(N)=C(C#N)C(c3cc(COc4ccccc4Br)c(C)cc3C)C3=C2CCCC3=O)cc1. The predicted octanol–water partition coefficient (Wildman–Crippen LogP) is 7.51. The van der Waals surface area contributed by atoms with Crippen molar-refractivity contribution in [1.82, 2.24) is 0 Å². The zero-order chi connectivity index (χ0) is 27.7. The normalized spacial score (nSPS) is 17.3. The fraction of sp³-hybridized carbons (Fsp3) is 0.273. The van der Waals surface area contributed by atoms with Crippen molar-refractivity contribution in [3.05, 3.63) is 116 Å². The highest BCUT2D eigenvalue weighted by Crippen LogP contribution is 2.47. The van der Waals surface area contributed by atoms with Crippen molar-refractivity contribution in [3.8, 4) is 11.8 Å². The first kappa shape index (κ1) is 26.8. The summed E-state index contributed by atoms with van der Waals surface area (Å²) in [6.07, 6.45) is 2.90. The molecule has 0 saturated heterocycles. The van der Waals surface area contributed by atoms with Crippen molar-refractivity contribution in [1.29, 1.82) is 5.26 Å². The van der Waals surface area contributed by atoms with E-state index in [1.54, 1.807) is 0 Å². The third-order valence-electron chi connectivity index (χ3n) is 7.77. The number of hydrogen-bond donors (Lipinski definition) is 1. The number of benzene rings is 3. The lowest BCUT2D eigenvalue weighted by atomic mass is 9.74. The summed E-state index contributed by atoms with van der Waals surface area (Å²) in [5.41, 5.74) is 14.9. The number of rotatable bonds is 6. The molecular weight excluding hydrogens is 550 g/mol. The van der Waals surface area contributed by atoms with Gasteiger partial charge in [-0.25, -0.2) is 0 Å². The zero-order valence-corrected chi connectivity index (χ0v) is 24.1. The Balaban J connectivity index is 1.62. The van der Waals surface area contributed by atoms with Gasteiger partial charge < -0.3 is 10.5 Å². The fourth-order valence-corrected chi connectivity index (χ4v) is 6.07. The van der Waals surface area contributed by atoms with Crippen molar-refractivity contribution in [2.45, 2.75) is 59.0 Å². The van der Waals surface area contributed by atoms with E-state index in [2.05, 4.69) is 60.1 Å². The molecule has 198 valence electrons. The number of Topliss-reactive ketones (excluding diaryl/α,β-unsaturated/α-hetero) is 1. The third-order valence-corrected chi connectivity index (χ3v) is 8.43. The lowest BCUT2D eigenvalue weighted by molar-refractivity contribution is -0.116. The summed E-state index contributed by atoms with van der Waals surface area (Å²) in [5, 5.41) is 10.4. The molecule has 0 saturated carbocycles. The van der Waals surface area contributed by atoms with Gasteiger partial charge in [0.1, 0.15) is 18.2 Å². The van der Waals surface area contributed by atoms with Gasteiger partial charge in [-0.05, 0) is 101 Å². The topological polar surface area (TPSA) is 79.3 Å². The molecule has 0 aromatic heterocycles. The standard InChI is InChI=1S/C33H32BrN3O2/c1-4-22-12-14-24(15-13-22)37-28-9-7-10-29(38)32(28)31(26(18-35)33(37)36)25-17-23(20(2)16-21(25)3)19-39-30-11-6-5-8-27(30)34/h5-6,8,11-17,31H,4,7,9-10,19,36H2,1-3H3. The molecule has 1 heterocycles. The van der Waals surface area contributed by atoms with Crippen LogP contribution >= 0.6 is 15.9 Å². The molecule has 0 bridgehead atoms. The summed E-state index contributed by atoms with van der Waals surface area (Å²) in [6, 6.07) is 22.6. The number of carbonyl (C=O) groups is 1. The second-order valence-corrected chi connectivity index (χ2v) is 11.0. The zero-order valence-electron chi connectivity index (χ0n) is 22.6. The van der Waals surface area contributed by atoms with Crippen LogP contribution in [0.3, 0.4) is 0 Å². The van der Waals surface area contributed by atoms with E-state index < -0.39 is 5.92 Å². The predicted molar refractivity (Wildman–Crippen MR) is 158 cm³/mol. The summed E-state index contributed by atoms with van der Waals surface area (Å²) >= 11 is 3.55. The smallest absolute Gasteiger partial charge is 0.161 e. The van der Waals surface area contributed by atoms with Gasteiger partial charge >= 0.3 is 0 Å². The molecule has 1 unspecified atom stereocenters. The molecule has 0 fully saturated rings. The lowest BCUT2D eigenvalue weighted by Crippen LogP contribution is -2.39. The Bertz CT molecular complexity index is 1550. The summed E-state index contributed by atoms with van der Waals surface area (Å²) in [5.74, 6) is 0.733. The van der Waals surface area contributed by atoms with Gasteiger partial charge in [-0.2, -0.15) is 5.26 Å². The van der Waals surface area contributed by atoms with Crippen LogP contribution in [0.5, 0.6) is 5.75 Å². The van der Waals surface area contributed by atoms with E-state index >= 15 is 0 Å². The van der Waals surface area contributed by atoms with Crippen LogP contribution in [0.2, 0.25) is 0 Å². The largest absolute Gasteiger partial charge is 0.488 e. The lowest BCUT2D eigenvalue weighted by Gasteiger charge is -2.40. The molecule has 39 heavy (non-hydrogen) atoms. The number of nitrogens with zero attached hydrogens (tertiary/aromatic N) is 2. The van der Waals surface area contributed by atoms with Crippen LogP contribution in [0, 0.1) is 25.2 Å².